The van der Waals surface area contributed by atoms with E-state index >= 15 is 0 Å². The molecular formula is C14H20ClN3O2. The van der Waals surface area contributed by atoms with Crippen LogP contribution in [0.3, 0.4) is 0 Å². The Morgan fingerprint density at radius 3 is 2.60 bits per heavy atom. The van der Waals surface area contributed by atoms with Crippen molar-refractivity contribution in [2.75, 3.05) is 25.0 Å². The predicted octanol–water partition coefficient (Wildman–Crippen LogP) is 1.78. The zero-order chi connectivity index (χ0) is 14.8. The van der Waals surface area contributed by atoms with Crippen LogP contribution in [0.2, 0.25) is 5.02 Å². The lowest BCUT2D eigenvalue weighted by molar-refractivity contribution is -0.121. The lowest BCUT2D eigenvalue weighted by Gasteiger charge is -2.08. The number of halogens is 1. The van der Waals surface area contributed by atoms with Crippen molar-refractivity contribution in [2.24, 2.45) is 0 Å². The molecule has 1 aromatic carbocycles. The molecule has 0 heterocycles. The van der Waals surface area contributed by atoms with Crippen molar-refractivity contribution in [1.29, 1.82) is 0 Å². The molecule has 0 aliphatic carbocycles. The summed E-state index contributed by atoms with van der Waals surface area (Å²) in [5.41, 5.74) is 0.585. The lowest BCUT2D eigenvalue weighted by Crippen LogP contribution is -2.32. The minimum Gasteiger partial charge on any atom is -0.356 e. The number of rotatable bonds is 8. The molecule has 5 nitrogen and oxygen atoms in total. The zero-order valence-electron chi connectivity index (χ0n) is 11.5. The maximum Gasteiger partial charge on any atom is 0.238 e. The molecule has 1 rings (SSSR count). The Morgan fingerprint density at radius 2 is 1.90 bits per heavy atom. The van der Waals surface area contributed by atoms with Crippen molar-refractivity contribution < 1.29 is 9.59 Å². The minimum atomic E-state index is -0.188. The van der Waals surface area contributed by atoms with E-state index in [1.807, 2.05) is 6.92 Å². The summed E-state index contributed by atoms with van der Waals surface area (Å²) >= 11 is 5.93. The first kappa shape index (κ1) is 16.5. The number of benzene rings is 1. The van der Waals surface area contributed by atoms with Crippen LogP contribution in [0.4, 0.5) is 5.69 Å². The van der Waals surface area contributed by atoms with Gasteiger partial charge in [-0.15, -0.1) is 0 Å². The second-order valence-electron chi connectivity index (χ2n) is 4.30. The van der Waals surface area contributed by atoms with Gasteiger partial charge in [-0.2, -0.15) is 0 Å². The van der Waals surface area contributed by atoms with Crippen LogP contribution in [0.1, 0.15) is 19.8 Å². The highest BCUT2D eigenvalue weighted by Gasteiger charge is 2.05. The normalized spacial score (nSPS) is 10.1. The third kappa shape index (κ3) is 6.54. The Balaban J connectivity index is 2.18. The van der Waals surface area contributed by atoms with Crippen molar-refractivity contribution in [1.82, 2.24) is 10.6 Å². The van der Waals surface area contributed by atoms with Crippen LogP contribution in [0.25, 0.3) is 0 Å². The number of carbonyl (C=O) groups is 2. The highest BCUT2D eigenvalue weighted by atomic mass is 35.5. The highest BCUT2D eigenvalue weighted by Crippen LogP contribution is 2.19. The molecule has 2 amide bonds. The molecule has 0 atom stereocenters. The van der Waals surface area contributed by atoms with Crippen molar-refractivity contribution in [3.8, 4) is 0 Å². The summed E-state index contributed by atoms with van der Waals surface area (Å²) in [6, 6.07) is 7.04. The maximum atomic E-state index is 11.6. The van der Waals surface area contributed by atoms with Crippen LogP contribution in [0.15, 0.2) is 24.3 Å². The summed E-state index contributed by atoms with van der Waals surface area (Å²) in [6.07, 6.45) is 1.28. The standard InChI is InChI=1S/C14H20ClN3O2/c1-2-8-17-13(19)7-9-16-10-14(20)18-12-6-4-3-5-11(12)15/h3-6,16H,2,7-10H2,1H3,(H,17,19)(H,18,20). The van der Waals surface area contributed by atoms with Crippen LogP contribution in [-0.2, 0) is 9.59 Å². The maximum absolute atomic E-state index is 11.6. The Morgan fingerprint density at radius 1 is 1.15 bits per heavy atom. The summed E-state index contributed by atoms with van der Waals surface area (Å²) < 4.78 is 0. The number of hydrogen-bond acceptors (Lipinski definition) is 3. The van der Waals surface area contributed by atoms with Crippen molar-refractivity contribution in [3.05, 3.63) is 29.3 Å². The fourth-order valence-electron chi connectivity index (χ4n) is 1.51. The average molecular weight is 298 g/mol. The molecule has 0 aliphatic rings. The lowest BCUT2D eigenvalue weighted by atomic mass is 10.3. The van der Waals surface area contributed by atoms with E-state index in [1.54, 1.807) is 24.3 Å². The van der Waals surface area contributed by atoms with E-state index in [4.69, 9.17) is 11.6 Å². The average Bonchev–Trinajstić information content (AvgIpc) is 2.44. The Labute approximate surface area is 124 Å². The first-order valence-corrected chi connectivity index (χ1v) is 7.03. The van der Waals surface area contributed by atoms with Crippen LogP contribution < -0.4 is 16.0 Å². The Bertz CT molecular complexity index is 452. The number of hydrogen-bond donors (Lipinski definition) is 3. The summed E-state index contributed by atoms with van der Waals surface area (Å²) in [6.45, 7) is 3.29. The molecule has 0 bridgehead atoms. The fraction of sp³-hybridized carbons (Fsp3) is 0.429. The number of anilines is 1. The van der Waals surface area contributed by atoms with Gasteiger partial charge in [0, 0.05) is 19.5 Å². The summed E-state index contributed by atoms with van der Waals surface area (Å²) in [5.74, 6) is -0.196. The van der Waals surface area contributed by atoms with Crippen LogP contribution in [0.5, 0.6) is 0 Å². The molecule has 6 heteroatoms. The molecule has 20 heavy (non-hydrogen) atoms. The molecule has 0 spiro atoms. The van der Waals surface area contributed by atoms with E-state index in [2.05, 4.69) is 16.0 Å². The van der Waals surface area contributed by atoms with Crippen LogP contribution in [-0.4, -0.2) is 31.4 Å². The molecule has 0 aromatic heterocycles. The van der Waals surface area contributed by atoms with Gasteiger partial charge in [-0.05, 0) is 18.6 Å². The zero-order valence-corrected chi connectivity index (χ0v) is 12.3. The Hall–Kier alpha value is -1.59. The first-order valence-electron chi connectivity index (χ1n) is 6.65. The van der Waals surface area contributed by atoms with Gasteiger partial charge in [-0.25, -0.2) is 0 Å². The number of nitrogens with one attached hydrogen (secondary N) is 3. The number of amides is 2. The van der Waals surface area contributed by atoms with E-state index in [0.29, 0.717) is 30.2 Å². The quantitative estimate of drug-likeness (QED) is 0.641. The van der Waals surface area contributed by atoms with E-state index in [9.17, 15) is 9.59 Å². The van der Waals surface area contributed by atoms with E-state index in [0.717, 1.165) is 6.42 Å². The van der Waals surface area contributed by atoms with Gasteiger partial charge in [0.05, 0.1) is 17.3 Å². The molecule has 110 valence electrons. The van der Waals surface area contributed by atoms with Crippen molar-refractivity contribution in [2.45, 2.75) is 19.8 Å². The SMILES string of the molecule is CCCNC(=O)CCNCC(=O)Nc1ccccc1Cl. The van der Waals surface area contributed by atoms with Gasteiger partial charge in [0.1, 0.15) is 0 Å². The topological polar surface area (TPSA) is 70.2 Å². The van der Waals surface area contributed by atoms with Gasteiger partial charge < -0.3 is 16.0 Å². The fourth-order valence-corrected chi connectivity index (χ4v) is 1.70. The second kappa shape index (κ2) is 9.34. The summed E-state index contributed by atoms with van der Waals surface area (Å²) in [4.78, 5) is 23.0. The van der Waals surface area contributed by atoms with E-state index in [-0.39, 0.29) is 18.4 Å². The highest BCUT2D eigenvalue weighted by molar-refractivity contribution is 6.33. The molecule has 0 saturated carbocycles. The van der Waals surface area contributed by atoms with E-state index in [1.165, 1.54) is 0 Å². The third-order valence-electron chi connectivity index (χ3n) is 2.53. The molecule has 1 aromatic rings. The number of para-hydroxylation sites is 1. The largest absolute Gasteiger partial charge is 0.356 e. The van der Waals surface area contributed by atoms with Crippen molar-refractivity contribution >= 4 is 29.1 Å². The van der Waals surface area contributed by atoms with Gasteiger partial charge in [0.25, 0.3) is 0 Å². The smallest absolute Gasteiger partial charge is 0.238 e. The molecule has 0 aliphatic heterocycles. The van der Waals surface area contributed by atoms with E-state index < -0.39 is 0 Å². The first-order chi connectivity index (χ1) is 9.63. The van der Waals surface area contributed by atoms with Gasteiger partial charge >= 0.3 is 0 Å². The second-order valence-corrected chi connectivity index (χ2v) is 4.71. The molecule has 0 fully saturated rings. The molecular weight excluding hydrogens is 278 g/mol. The number of carbonyl (C=O) groups excluding carboxylic acids is 2. The van der Waals surface area contributed by atoms with Gasteiger partial charge in [0.15, 0.2) is 0 Å². The van der Waals surface area contributed by atoms with Gasteiger partial charge in [-0.3, -0.25) is 9.59 Å². The summed E-state index contributed by atoms with van der Waals surface area (Å²) in [7, 11) is 0. The van der Waals surface area contributed by atoms with Gasteiger partial charge in [-0.1, -0.05) is 30.7 Å². The van der Waals surface area contributed by atoms with Crippen LogP contribution in [0, 0.1) is 0 Å². The third-order valence-corrected chi connectivity index (χ3v) is 2.86. The Kier molecular flexibility index (Phi) is 7.69. The van der Waals surface area contributed by atoms with Crippen molar-refractivity contribution in [3.63, 3.8) is 0 Å². The van der Waals surface area contributed by atoms with Crippen LogP contribution >= 0.6 is 11.6 Å². The molecule has 0 unspecified atom stereocenters. The molecule has 0 radical (unpaired) electrons. The monoisotopic (exact) mass is 297 g/mol. The molecule has 0 saturated heterocycles. The molecule has 3 N–H and O–H groups in total. The minimum absolute atomic E-state index is 0.00846. The summed E-state index contributed by atoms with van der Waals surface area (Å²) in [5, 5.41) is 8.89. The predicted molar refractivity (Wildman–Crippen MR) is 80.9 cm³/mol. The van der Waals surface area contributed by atoms with Gasteiger partial charge in [0.2, 0.25) is 11.8 Å².